The zero-order valence-corrected chi connectivity index (χ0v) is 10.4. The molecule has 2 fully saturated rings. The van der Waals surface area contributed by atoms with Gasteiger partial charge in [-0.25, -0.2) is 0 Å². The van der Waals surface area contributed by atoms with Crippen LogP contribution in [0, 0.1) is 0 Å². The average Bonchev–Trinajstić information content (AvgIpc) is 2.84. The monoisotopic (exact) mass is 241 g/mol. The van der Waals surface area contributed by atoms with Gasteiger partial charge in [0.25, 0.3) is 0 Å². The molecular formula is C10H19N5S. The van der Waals surface area contributed by atoms with E-state index in [0.717, 1.165) is 25.7 Å². The Hall–Kier alpha value is -0.420. The minimum atomic E-state index is 0.607. The van der Waals surface area contributed by atoms with E-state index in [1.54, 1.807) is 0 Å². The van der Waals surface area contributed by atoms with Gasteiger partial charge in [-0.15, -0.1) is 0 Å². The molecule has 90 valence electrons. The number of piperazine rings is 1. The minimum absolute atomic E-state index is 0.607. The van der Waals surface area contributed by atoms with Crippen molar-refractivity contribution in [3.05, 3.63) is 10.4 Å². The zero-order chi connectivity index (χ0) is 11.2. The highest BCUT2D eigenvalue weighted by Gasteiger charge is 2.25. The van der Waals surface area contributed by atoms with Crippen molar-refractivity contribution >= 4 is 11.8 Å². The fourth-order valence-corrected chi connectivity index (χ4v) is 3.65. The van der Waals surface area contributed by atoms with Gasteiger partial charge in [0, 0.05) is 56.0 Å². The summed E-state index contributed by atoms with van der Waals surface area (Å²) in [6, 6.07) is 0.823. The van der Waals surface area contributed by atoms with Crippen molar-refractivity contribution in [2.24, 2.45) is 5.11 Å². The standard InChI is InChI=1S/C10H19N5S/c11-13-12-2-3-14-4-6-15(7-5-14)10-1-8-16-9-10/h10H,1-9H2/t10-/m0/s1. The van der Waals surface area contributed by atoms with E-state index in [9.17, 15) is 0 Å². The Morgan fingerprint density at radius 3 is 2.75 bits per heavy atom. The molecule has 0 amide bonds. The van der Waals surface area contributed by atoms with Gasteiger partial charge in [0.05, 0.1) is 0 Å². The fraction of sp³-hybridized carbons (Fsp3) is 1.00. The molecule has 0 radical (unpaired) electrons. The topological polar surface area (TPSA) is 55.2 Å². The first-order valence-electron chi connectivity index (χ1n) is 5.95. The molecule has 0 aromatic rings. The van der Waals surface area contributed by atoms with E-state index in [4.69, 9.17) is 5.53 Å². The SMILES string of the molecule is [N-]=[N+]=NCCN1CCN([C@H]2CCSC2)CC1. The van der Waals surface area contributed by atoms with Gasteiger partial charge in [-0.05, 0) is 17.7 Å². The molecule has 0 N–H and O–H groups in total. The van der Waals surface area contributed by atoms with Crippen LogP contribution in [0.5, 0.6) is 0 Å². The Bertz CT molecular complexity index is 252. The van der Waals surface area contributed by atoms with Gasteiger partial charge >= 0.3 is 0 Å². The average molecular weight is 241 g/mol. The molecule has 0 spiro atoms. The van der Waals surface area contributed by atoms with Crippen LogP contribution in [0.1, 0.15) is 6.42 Å². The summed E-state index contributed by atoms with van der Waals surface area (Å²) < 4.78 is 0. The molecule has 0 aromatic heterocycles. The van der Waals surface area contributed by atoms with Gasteiger partial charge < -0.3 is 4.90 Å². The van der Waals surface area contributed by atoms with Crippen LogP contribution in [0.15, 0.2) is 5.11 Å². The molecule has 0 unspecified atom stereocenters. The maximum absolute atomic E-state index is 8.21. The third kappa shape index (κ3) is 3.28. The van der Waals surface area contributed by atoms with Gasteiger partial charge in [0.1, 0.15) is 0 Å². The Balaban J connectivity index is 1.67. The maximum atomic E-state index is 8.21. The second-order valence-corrected chi connectivity index (χ2v) is 5.50. The number of hydrogen-bond acceptors (Lipinski definition) is 4. The van der Waals surface area contributed by atoms with E-state index in [2.05, 4.69) is 31.6 Å². The number of nitrogens with zero attached hydrogens (tertiary/aromatic N) is 5. The van der Waals surface area contributed by atoms with E-state index >= 15 is 0 Å². The Kier molecular flexibility index (Phi) is 4.78. The molecule has 2 aliphatic heterocycles. The van der Waals surface area contributed by atoms with E-state index in [0.29, 0.717) is 6.54 Å². The summed E-state index contributed by atoms with van der Waals surface area (Å²) in [7, 11) is 0. The fourth-order valence-electron chi connectivity index (χ4n) is 2.39. The second-order valence-electron chi connectivity index (χ2n) is 4.35. The van der Waals surface area contributed by atoms with Crippen molar-refractivity contribution < 1.29 is 0 Å². The Morgan fingerprint density at radius 1 is 1.31 bits per heavy atom. The van der Waals surface area contributed by atoms with E-state index in [1.807, 2.05) is 0 Å². The largest absolute Gasteiger partial charge is 0.301 e. The molecular weight excluding hydrogens is 222 g/mol. The molecule has 0 bridgehead atoms. The van der Waals surface area contributed by atoms with E-state index in [1.165, 1.54) is 31.0 Å². The number of rotatable bonds is 4. The smallest absolute Gasteiger partial charge is 0.0385 e. The predicted octanol–water partition coefficient (Wildman–Crippen LogP) is 1.42. The molecule has 0 aromatic carbocycles. The van der Waals surface area contributed by atoms with Crippen molar-refractivity contribution in [3.8, 4) is 0 Å². The van der Waals surface area contributed by atoms with Crippen LogP contribution in [0.3, 0.4) is 0 Å². The van der Waals surface area contributed by atoms with Gasteiger partial charge in [0.2, 0.25) is 0 Å². The summed E-state index contributed by atoms with van der Waals surface area (Å²) in [5, 5.41) is 3.58. The van der Waals surface area contributed by atoms with Crippen molar-refractivity contribution in [2.45, 2.75) is 12.5 Å². The molecule has 6 heteroatoms. The Labute approximate surface area is 101 Å². The first-order valence-corrected chi connectivity index (χ1v) is 7.10. The number of azide groups is 1. The lowest BCUT2D eigenvalue weighted by Gasteiger charge is -2.37. The molecule has 2 aliphatic rings. The lowest BCUT2D eigenvalue weighted by molar-refractivity contribution is 0.107. The lowest BCUT2D eigenvalue weighted by atomic mass is 10.2. The predicted molar refractivity (Wildman–Crippen MR) is 67.8 cm³/mol. The van der Waals surface area contributed by atoms with Crippen molar-refractivity contribution in [2.75, 3.05) is 50.8 Å². The highest BCUT2D eigenvalue weighted by Crippen LogP contribution is 2.23. The molecule has 0 aliphatic carbocycles. The second kappa shape index (κ2) is 6.35. The highest BCUT2D eigenvalue weighted by atomic mass is 32.2. The van der Waals surface area contributed by atoms with Crippen molar-refractivity contribution in [3.63, 3.8) is 0 Å². The highest BCUT2D eigenvalue weighted by molar-refractivity contribution is 7.99. The summed E-state index contributed by atoms with van der Waals surface area (Å²) in [5.41, 5.74) is 8.21. The van der Waals surface area contributed by atoms with Crippen molar-refractivity contribution in [1.82, 2.24) is 9.80 Å². The van der Waals surface area contributed by atoms with Crippen LogP contribution in [0.25, 0.3) is 10.4 Å². The summed E-state index contributed by atoms with van der Waals surface area (Å²) in [6.07, 6.45) is 1.36. The molecule has 1 atom stereocenters. The summed E-state index contributed by atoms with van der Waals surface area (Å²) in [6.45, 7) is 6.14. The van der Waals surface area contributed by atoms with Crippen LogP contribution in [0.4, 0.5) is 0 Å². The van der Waals surface area contributed by atoms with Crippen LogP contribution in [0.2, 0.25) is 0 Å². The van der Waals surface area contributed by atoms with E-state index < -0.39 is 0 Å². The quantitative estimate of drug-likeness (QED) is 0.425. The van der Waals surface area contributed by atoms with Gasteiger partial charge in [-0.3, -0.25) is 4.90 Å². The summed E-state index contributed by atoms with van der Waals surface area (Å²) >= 11 is 2.08. The normalized spacial score (nSPS) is 27.9. The van der Waals surface area contributed by atoms with E-state index in [-0.39, 0.29) is 0 Å². The molecule has 2 saturated heterocycles. The molecule has 2 heterocycles. The van der Waals surface area contributed by atoms with Crippen LogP contribution in [-0.2, 0) is 0 Å². The third-order valence-corrected chi connectivity index (χ3v) is 4.55. The summed E-state index contributed by atoms with van der Waals surface area (Å²) in [4.78, 5) is 7.81. The first kappa shape index (κ1) is 12.0. The van der Waals surface area contributed by atoms with Crippen LogP contribution >= 0.6 is 11.8 Å². The number of thioether (sulfide) groups is 1. The van der Waals surface area contributed by atoms with Crippen LogP contribution < -0.4 is 0 Å². The zero-order valence-electron chi connectivity index (χ0n) is 9.59. The number of hydrogen-bond donors (Lipinski definition) is 0. The molecule has 5 nitrogen and oxygen atoms in total. The van der Waals surface area contributed by atoms with Gasteiger partial charge in [-0.1, -0.05) is 5.11 Å². The molecule has 2 rings (SSSR count). The first-order chi connectivity index (χ1) is 7.90. The maximum Gasteiger partial charge on any atom is 0.0385 e. The van der Waals surface area contributed by atoms with Crippen molar-refractivity contribution in [1.29, 1.82) is 0 Å². The van der Waals surface area contributed by atoms with Gasteiger partial charge in [0.15, 0.2) is 0 Å². The Morgan fingerprint density at radius 2 is 2.12 bits per heavy atom. The molecule has 16 heavy (non-hydrogen) atoms. The third-order valence-electron chi connectivity index (χ3n) is 3.41. The summed E-state index contributed by atoms with van der Waals surface area (Å²) in [5.74, 6) is 2.65. The van der Waals surface area contributed by atoms with Crippen LogP contribution in [-0.4, -0.2) is 66.6 Å². The molecule has 0 saturated carbocycles. The minimum Gasteiger partial charge on any atom is -0.301 e. The lowest BCUT2D eigenvalue weighted by Crippen LogP contribution is -2.50. The van der Waals surface area contributed by atoms with Gasteiger partial charge in [-0.2, -0.15) is 11.8 Å².